The Labute approximate surface area is 162 Å². The fourth-order valence-electron chi connectivity index (χ4n) is 2.19. The predicted octanol–water partition coefficient (Wildman–Crippen LogP) is 2.96. The molecule has 2 rings (SSSR count). The molecule has 0 spiro atoms. The first kappa shape index (κ1) is 20.5. The molecule has 0 aliphatic carbocycles. The molecule has 144 valence electrons. The summed E-state index contributed by atoms with van der Waals surface area (Å²) in [6.07, 6.45) is 1.08. The molecule has 0 bridgehead atoms. The summed E-state index contributed by atoms with van der Waals surface area (Å²) in [4.78, 5) is 23.0. The number of nitrogens with zero attached hydrogens (tertiary/aromatic N) is 2. The van der Waals surface area contributed by atoms with Crippen LogP contribution in [-0.2, 0) is 9.59 Å². The van der Waals surface area contributed by atoms with Gasteiger partial charge in [0, 0.05) is 30.9 Å². The topological polar surface area (TPSA) is 102 Å². The number of aromatic nitrogens is 2. The van der Waals surface area contributed by atoms with Gasteiger partial charge in [0.1, 0.15) is 5.03 Å². The molecule has 0 unspecified atom stereocenters. The molecule has 0 fully saturated rings. The number of nitrogens with one attached hydrogen (secondary N) is 2. The van der Waals surface area contributed by atoms with Gasteiger partial charge in [-0.1, -0.05) is 0 Å². The van der Waals surface area contributed by atoms with Gasteiger partial charge in [-0.05, 0) is 30.7 Å². The molecule has 9 heteroatoms. The minimum Gasteiger partial charge on any atom is -0.493 e. The van der Waals surface area contributed by atoms with E-state index in [0.717, 1.165) is 10.8 Å². The Kier molecular flexibility index (Phi) is 7.87. The average Bonchev–Trinajstić information content (AvgIpc) is 2.66. The maximum absolute atomic E-state index is 12.1. The van der Waals surface area contributed by atoms with Crippen LogP contribution in [0.2, 0.25) is 0 Å². The van der Waals surface area contributed by atoms with Gasteiger partial charge in [0.2, 0.25) is 11.8 Å². The van der Waals surface area contributed by atoms with E-state index in [0.29, 0.717) is 35.8 Å². The summed E-state index contributed by atoms with van der Waals surface area (Å²) in [5.41, 5.74) is 0.657. The van der Waals surface area contributed by atoms with Crippen molar-refractivity contribution in [1.29, 1.82) is 0 Å². The number of hydrogen-bond acceptors (Lipinski definition) is 7. The van der Waals surface area contributed by atoms with Crippen LogP contribution >= 0.6 is 11.8 Å². The third kappa shape index (κ3) is 6.78. The second kappa shape index (κ2) is 10.4. The molecular weight excluding hydrogens is 368 g/mol. The molecule has 1 heterocycles. The van der Waals surface area contributed by atoms with Crippen molar-refractivity contribution in [3.8, 4) is 11.5 Å². The minimum atomic E-state index is -0.190. The molecule has 27 heavy (non-hydrogen) atoms. The smallest absolute Gasteiger partial charge is 0.224 e. The zero-order valence-corrected chi connectivity index (χ0v) is 16.3. The monoisotopic (exact) mass is 390 g/mol. The van der Waals surface area contributed by atoms with Gasteiger partial charge in [-0.15, -0.1) is 22.0 Å². The number of carbonyl (C=O) groups is 2. The standard InChI is InChI=1S/C18H22N4O4S/c1-12(23)19-16-8-9-18(22-21-16)27-10-4-5-17(24)20-13-6-7-14(25-2)15(11-13)26-3/h6-9,11H,4-5,10H2,1-3H3,(H,20,24)(H,19,21,23). The van der Waals surface area contributed by atoms with Crippen molar-refractivity contribution in [3.63, 3.8) is 0 Å². The number of benzene rings is 1. The Hall–Kier alpha value is -2.81. The maximum atomic E-state index is 12.1. The van der Waals surface area contributed by atoms with Crippen molar-refractivity contribution in [3.05, 3.63) is 30.3 Å². The Morgan fingerprint density at radius 2 is 1.81 bits per heavy atom. The van der Waals surface area contributed by atoms with E-state index in [-0.39, 0.29) is 11.8 Å². The molecule has 2 aromatic rings. The summed E-state index contributed by atoms with van der Waals surface area (Å²) < 4.78 is 10.4. The summed E-state index contributed by atoms with van der Waals surface area (Å²) in [7, 11) is 3.11. The Bertz CT molecular complexity index is 783. The number of hydrogen-bond donors (Lipinski definition) is 2. The van der Waals surface area contributed by atoms with Crippen molar-refractivity contribution in [1.82, 2.24) is 10.2 Å². The van der Waals surface area contributed by atoms with Crippen LogP contribution in [0.3, 0.4) is 0 Å². The molecule has 0 aliphatic heterocycles. The van der Waals surface area contributed by atoms with E-state index in [1.807, 2.05) is 0 Å². The quantitative estimate of drug-likeness (QED) is 0.501. The number of carbonyl (C=O) groups excluding carboxylic acids is 2. The number of ether oxygens (including phenoxy) is 2. The molecule has 1 aromatic heterocycles. The second-order valence-electron chi connectivity index (χ2n) is 5.51. The van der Waals surface area contributed by atoms with Gasteiger partial charge >= 0.3 is 0 Å². The van der Waals surface area contributed by atoms with Crippen LogP contribution in [0.25, 0.3) is 0 Å². The molecule has 2 amide bonds. The van der Waals surface area contributed by atoms with Gasteiger partial charge < -0.3 is 20.1 Å². The Morgan fingerprint density at radius 1 is 1.04 bits per heavy atom. The summed E-state index contributed by atoms with van der Waals surface area (Å²) in [5.74, 6) is 2.05. The third-order valence-corrected chi connectivity index (χ3v) is 4.42. The van der Waals surface area contributed by atoms with Crippen LogP contribution in [0.5, 0.6) is 11.5 Å². The van der Waals surface area contributed by atoms with Gasteiger partial charge in [0.25, 0.3) is 0 Å². The van der Waals surface area contributed by atoms with Gasteiger partial charge in [0.05, 0.1) is 14.2 Å². The van der Waals surface area contributed by atoms with Gasteiger partial charge in [-0.3, -0.25) is 9.59 Å². The number of rotatable bonds is 9. The zero-order chi connectivity index (χ0) is 19.6. The molecule has 0 radical (unpaired) electrons. The van der Waals surface area contributed by atoms with Crippen LogP contribution in [0.4, 0.5) is 11.5 Å². The number of thioether (sulfide) groups is 1. The number of amides is 2. The summed E-state index contributed by atoms with van der Waals surface area (Å²) >= 11 is 1.50. The van der Waals surface area contributed by atoms with Crippen molar-refractivity contribution < 1.29 is 19.1 Å². The van der Waals surface area contributed by atoms with Crippen molar-refractivity contribution in [2.75, 3.05) is 30.6 Å². The molecule has 0 atom stereocenters. The summed E-state index contributed by atoms with van der Waals surface area (Å²) in [6.45, 7) is 1.41. The highest BCUT2D eigenvalue weighted by Gasteiger charge is 2.08. The Balaban J connectivity index is 1.74. The van der Waals surface area contributed by atoms with Gasteiger partial charge in [-0.2, -0.15) is 0 Å². The highest BCUT2D eigenvalue weighted by Crippen LogP contribution is 2.29. The number of anilines is 2. The lowest BCUT2D eigenvalue weighted by Crippen LogP contribution is -2.11. The lowest BCUT2D eigenvalue weighted by Gasteiger charge is -2.10. The van der Waals surface area contributed by atoms with E-state index in [9.17, 15) is 9.59 Å². The van der Waals surface area contributed by atoms with Crippen LogP contribution in [0.15, 0.2) is 35.4 Å². The van der Waals surface area contributed by atoms with Crippen LogP contribution in [0, 0.1) is 0 Å². The molecule has 0 saturated heterocycles. The van der Waals surface area contributed by atoms with Gasteiger partial charge in [0.15, 0.2) is 17.3 Å². The summed E-state index contributed by atoms with van der Waals surface area (Å²) in [6, 6.07) is 8.71. The summed E-state index contributed by atoms with van der Waals surface area (Å²) in [5, 5.41) is 14.1. The lowest BCUT2D eigenvalue weighted by molar-refractivity contribution is -0.116. The Morgan fingerprint density at radius 3 is 2.44 bits per heavy atom. The number of methoxy groups -OCH3 is 2. The van der Waals surface area contributed by atoms with Crippen molar-refractivity contribution in [2.45, 2.75) is 24.8 Å². The fraction of sp³-hybridized carbons (Fsp3) is 0.333. The SMILES string of the molecule is COc1ccc(NC(=O)CCCSc2ccc(NC(C)=O)nn2)cc1OC. The second-order valence-corrected chi connectivity index (χ2v) is 6.62. The highest BCUT2D eigenvalue weighted by atomic mass is 32.2. The lowest BCUT2D eigenvalue weighted by atomic mass is 10.2. The normalized spacial score (nSPS) is 10.2. The molecule has 2 N–H and O–H groups in total. The first-order valence-electron chi connectivity index (χ1n) is 8.28. The first-order valence-corrected chi connectivity index (χ1v) is 9.26. The zero-order valence-electron chi connectivity index (χ0n) is 15.4. The third-order valence-electron chi connectivity index (χ3n) is 3.41. The molecule has 0 aliphatic rings. The van der Waals surface area contributed by atoms with Crippen LogP contribution in [0.1, 0.15) is 19.8 Å². The van der Waals surface area contributed by atoms with Crippen molar-refractivity contribution >= 4 is 35.1 Å². The van der Waals surface area contributed by atoms with E-state index in [1.165, 1.54) is 18.7 Å². The predicted molar refractivity (Wildman–Crippen MR) is 104 cm³/mol. The first-order chi connectivity index (χ1) is 13.0. The minimum absolute atomic E-state index is 0.0742. The van der Waals surface area contributed by atoms with Crippen LogP contribution in [-0.4, -0.2) is 42.0 Å². The largest absolute Gasteiger partial charge is 0.493 e. The molecule has 0 saturated carbocycles. The van der Waals surface area contributed by atoms with E-state index in [2.05, 4.69) is 20.8 Å². The molecule has 8 nitrogen and oxygen atoms in total. The maximum Gasteiger partial charge on any atom is 0.224 e. The fourth-order valence-corrected chi connectivity index (χ4v) is 2.95. The van der Waals surface area contributed by atoms with E-state index >= 15 is 0 Å². The molecule has 1 aromatic carbocycles. The van der Waals surface area contributed by atoms with Gasteiger partial charge in [-0.25, -0.2) is 0 Å². The average molecular weight is 390 g/mol. The van der Waals surface area contributed by atoms with Crippen LogP contribution < -0.4 is 20.1 Å². The van der Waals surface area contributed by atoms with Crippen molar-refractivity contribution in [2.24, 2.45) is 0 Å². The van der Waals surface area contributed by atoms with E-state index in [1.54, 1.807) is 44.6 Å². The molecular formula is C18H22N4O4S. The highest BCUT2D eigenvalue weighted by molar-refractivity contribution is 7.99. The van der Waals surface area contributed by atoms with E-state index < -0.39 is 0 Å². The van der Waals surface area contributed by atoms with E-state index in [4.69, 9.17) is 9.47 Å².